The number of aliphatic hydroxyl groups is 1. The van der Waals surface area contributed by atoms with E-state index >= 15 is 0 Å². The summed E-state index contributed by atoms with van der Waals surface area (Å²) in [5.74, 6) is -2.27. The molecule has 5 heterocycles. The van der Waals surface area contributed by atoms with Gasteiger partial charge < -0.3 is 65.3 Å². The van der Waals surface area contributed by atoms with E-state index < -0.39 is 57.9 Å². The third kappa shape index (κ3) is 18.4. The van der Waals surface area contributed by atoms with Crippen LogP contribution in [0.15, 0.2) is 80.8 Å². The van der Waals surface area contributed by atoms with E-state index in [1.807, 2.05) is 25.6 Å². The minimum Gasteiger partial charge on any atom is -0.511 e. The van der Waals surface area contributed by atoms with Crippen LogP contribution < -0.4 is 37.7 Å². The Balaban J connectivity index is 0.708. The smallest absolute Gasteiger partial charge is 0.418 e. The molecular weight excluding hydrogens is 1180 g/mol. The van der Waals surface area contributed by atoms with E-state index in [1.165, 1.54) is 18.5 Å². The van der Waals surface area contributed by atoms with Crippen molar-refractivity contribution in [1.29, 1.82) is 0 Å². The van der Waals surface area contributed by atoms with E-state index in [0.29, 0.717) is 104 Å². The van der Waals surface area contributed by atoms with Crippen molar-refractivity contribution in [1.82, 2.24) is 55.6 Å². The van der Waals surface area contributed by atoms with Crippen molar-refractivity contribution >= 4 is 69.7 Å². The number of aromatic amines is 1. The van der Waals surface area contributed by atoms with Crippen LogP contribution in [-0.4, -0.2) is 175 Å². The van der Waals surface area contributed by atoms with Gasteiger partial charge in [-0.25, -0.2) is 4.79 Å². The number of hydrogen-bond acceptors (Lipinski definition) is 18. The molecule has 3 atom stereocenters. The molecule has 2 saturated heterocycles. The van der Waals surface area contributed by atoms with E-state index in [1.54, 1.807) is 24.3 Å². The summed E-state index contributed by atoms with van der Waals surface area (Å²) in [6.07, 6.45) is 1.91. The molecule has 2 aliphatic heterocycles. The molecule has 3 aromatic heterocycles. The standard InChI is InChI=1S/C57H70F3N13O14S/c1-56(2)28-43(74)49(44(75)29-56)38(14-18-84-20-22-86-24-25-87-23-21-85-19-16-62-46(76)7-4-3-6-45-50-40(33-88-45)66-55(83)67-50)61-15-5-8-47(77)64-35-9-11-36(12-10-35)73-69-51(68-70-73)52(80)63-30-34-13-17-71(31-34)41-27-42-39(26-37(41)57(58,59)60)65-53(81)54(82)72(42)32-48(78)79/h9-13,17,26-27,31,40,45,50,74H,3-8,14-16,18-25,28-30,32-33H2,1-2H3,(H,62,76)(H,63,80)(H,64,77)(H,65,81)(H,78,79)(H2,66,67,83)/t40-,45-,50-/m0/s1. The van der Waals surface area contributed by atoms with Crippen molar-refractivity contribution in [3.8, 4) is 11.4 Å². The first-order valence-corrected chi connectivity index (χ1v) is 29.7. The van der Waals surface area contributed by atoms with Crippen LogP contribution in [0.1, 0.15) is 93.4 Å². The third-order valence-corrected chi connectivity index (χ3v) is 15.9. The zero-order chi connectivity index (χ0) is 63.0. The van der Waals surface area contributed by atoms with E-state index in [2.05, 4.69) is 52.0 Å². The monoisotopic (exact) mass is 1250 g/mol. The number of Topliss-reactive ketones (excluding diaryl/α,β-unsaturated/α-hetero) is 1. The number of ketones is 1. The topological polar surface area (TPSA) is 356 Å². The van der Waals surface area contributed by atoms with Crippen molar-refractivity contribution in [2.75, 3.05) is 77.0 Å². The number of allylic oxidation sites excluding steroid dienone is 2. The van der Waals surface area contributed by atoms with E-state index in [4.69, 9.17) is 18.9 Å². The highest BCUT2D eigenvalue weighted by atomic mass is 32.2. The summed E-state index contributed by atoms with van der Waals surface area (Å²) in [4.78, 5) is 107. The molecule has 2 fully saturated rings. The zero-order valence-electron chi connectivity index (χ0n) is 48.5. The number of halogens is 3. The molecule has 8 N–H and O–H groups in total. The number of rotatable bonds is 33. The van der Waals surface area contributed by atoms with Crippen LogP contribution in [0.5, 0.6) is 0 Å². The number of ether oxygens (including phenoxy) is 4. The number of carboxylic acid groups (broad SMARTS) is 1. The van der Waals surface area contributed by atoms with Gasteiger partial charge in [-0.3, -0.25) is 43.1 Å². The molecule has 0 saturated carbocycles. The van der Waals surface area contributed by atoms with Gasteiger partial charge in [0.25, 0.3) is 11.7 Å². The Hall–Kier alpha value is -8.26. The van der Waals surface area contributed by atoms with Crippen LogP contribution in [0.3, 0.4) is 0 Å². The lowest BCUT2D eigenvalue weighted by atomic mass is 9.75. The van der Waals surface area contributed by atoms with Gasteiger partial charge >= 0.3 is 29.3 Å². The van der Waals surface area contributed by atoms with Crippen LogP contribution in [0.25, 0.3) is 22.4 Å². The summed E-state index contributed by atoms with van der Waals surface area (Å²) in [7, 11) is 0. The summed E-state index contributed by atoms with van der Waals surface area (Å²) in [5, 5.41) is 46.7. The Labute approximate surface area is 505 Å². The largest absolute Gasteiger partial charge is 0.511 e. The van der Waals surface area contributed by atoms with Gasteiger partial charge in [0.15, 0.2) is 5.78 Å². The molecule has 0 bridgehead atoms. The van der Waals surface area contributed by atoms with Crippen molar-refractivity contribution in [2.45, 2.75) is 108 Å². The molecule has 1 aliphatic carbocycles. The normalized spacial score (nSPS) is 17.5. The van der Waals surface area contributed by atoms with Gasteiger partial charge in [0.1, 0.15) is 12.3 Å². The number of carboxylic acids is 1. The first kappa shape index (κ1) is 65.7. The molecule has 474 valence electrons. The van der Waals surface area contributed by atoms with Gasteiger partial charge in [0.05, 0.1) is 104 Å². The van der Waals surface area contributed by atoms with E-state index in [0.717, 1.165) is 40.4 Å². The van der Waals surface area contributed by atoms with Gasteiger partial charge in [0, 0.05) is 80.8 Å². The fraction of sp³-hybridized carbons (Fsp3) is 0.509. The van der Waals surface area contributed by atoms with Crippen molar-refractivity contribution in [2.24, 2.45) is 10.4 Å². The first-order chi connectivity index (χ1) is 42.1. The fourth-order valence-corrected chi connectivity index (χ4v) is 11.8. The van der Waals surface area contributed by atoms with Crippen LogP contribution in [0.4, 0.5) is 23.7 Å². The van der Waals surface area contributed by atoms with E-state index in [9.17, 15) is 61.7 Å². The third-order valence-electron chi connectivity index (χ3n) is 14.4. The molecule has 2 aromatic carbocycles. The highest BCUT2D eigenvalue weighted by Crippen LogP contribution is 2.38. The van der Waals surface area contributed by atoms with Gasteiger partial charge in [-0.05, 0) is 77.9 Å². The van der Waals surface area contributed by atoms with Gasteiger partial charge in [-0.1, -0.05) is 20.3 Å². The SMILES string of the molecule is CC1(C)CC(=O)C(C(CCOCCOCCOCCOCCNC(=O)CCCC[C@@H]2SC[C@@H]3NC(=O)N[C@@H]32)=NCCCC(=O)Nc2ccc(-n3nnc(C(=O)NCc4ccn(-c5cc6c(cc5C(F)(F)F)[nH]c(=O)c(=O)n6CC(=O)O)c4)n3)cc2)=C(O)C1. The Bertz CT molecular complexity index is 3510. The number of alkyl halides is 3. The molecule has 0 radical (unpaired) electrons. The van der Waals surface area contributed by atoms with Crippen LogP contribution in [-0.2, 0) is 57.4 Å². The molecule has 8 rings (SSSR count). The van der Waals surface area contributed by atoms with Crippen molar-refractivity contribution < 1.29 is 71.1 Å². The number of nitrogens with one attached hydrogen (secondary N) is 6. The lowest BCUT2D eigenvalue weighted by molar-refractivity contribution is -0.138. The second-order valence-corrected chi connectivity index (χ2v) is 23.1. The number of urea groups is 1. The fourth-order valence-electron chi connectivity index (χ4n) is 10.2. The number of aliphatic carboxylic acids is 1. The molecule has 3 aliphatic rings. The predicted molar refractivity (Wildman–Crippen MR) is 314 cm³/mol. The Morgan fingerprint density at radius 3 is 2.26 bits per heavy atom. The lowest BCUT2D eigenvalue weighted by Crippen LogP contribution is -2.38. The number of unbranched alkanes of at least 4 members (excludes halogenated alkanes) is 1. The zero-order valence-corrected chi connectivity index (χ0v) is 49.3. The van der Waals surface area contributed by atoms with E-state index in [-0.39, 0.29) is 104 Å². The number of aliphatic imine (C=N–C) groups is 1. The number of amides is 5. The molecule has 5 amide bonds. The average molecular weight is 1250 g/mol. The summed E-state index contributed by atoms with van der Waals surface area (Å²) >= 11 is 1.87. The minimum atomic E-state index is -4.94. The lowest BCUT2D eigenvalue weighted by Gasteiger charge is -2.30. The summed E-state index contributed by atoms with van der Waals surface area (Å²) in [5.41, 5.74) is -3.59. The maximum absolute atomic E-state index is 14.3. The molecule has 31 heteroatoms. The Morgan fingerprint density at radius 1 is 0.852 bits per heavy atom. The number of hydrogen-bond donors (Lipinski definition) is 8. The summed E-state index contributed by atoms with van der Waals surface area (Å²) < 4.78 is 67.0. The predicted octanol–water partition coefficient (Wildman–Crippen LogP) is 4.15. The van der Waals surface area contributed by atoms with Crippen LogP contribution >= 0.6 is 11.8 Å². The molecule has 0 unspecified atom stereocenters. The van der Waals surface area contributed by atoms with Crippen molar-refractivity contribution in [3.05, 3.63) is 104 Å². The molecule has 0 spiro atoms. The first-order valence-electron chi connectivity index (χ1n) is 28.6. The number of H-pyrrole nitrogens is 1. The highest BCUT2D eigenvalue weighted by molar-refractivity contribution is 8.00. The molecule has 5 aromatic rings. The minimum absolute atomic E-state index is 0.0123. The molecule has 27 nitrogen and oxygen atoms in total. The number of nitrogens with zero attached hydrogens (tertiary/aromatic N) is 7. The van der Waals surface area contributed by atoms with Gasteiger partial charge in [-0.15, -0.1) is 15.0 Å². The maximum atomic E-state index is 14.3. The highest BCUT2D eigenvalue weighted by Gasteiger charge is 2.43. The Morgan fingerprint density at radius 2 is 1.56 bits per heavy atom. The van der Waals surface area contributed by atoms with Crippen molar-refractivity contribution in [3.63, 3.8) is 0 Å². The number of tetrazole rings is 1. The number of fused-ring (bicyclic) bond motifs is 2. The molecule has 88 heavy (non-hydrogen) atoms. The number of carbonyl (C=O) groups excluding carboxylic acids is 5. The number of thioether (sulfide) groups is 1. The number of aromatic nitrogens is 7. The number of carbonyl (C=O) groups is 6. The average Bonchev–Trinajstić information content (AvgIpc) is 1.77. The second-order valence-electron chi connectivity index (χ2n) is 21.8. The summed E-state index contributed by atoms with van der Waals surface area (Å²) in [6.45, 7) is 5.76. The Kier molecular flexibility index (Phi) is 22.8. The van der Waals surface area contributed by atoms with Crippen LogP contribution in [0.2, 0.25) is 0 Å². The number of aliphatic hydroxyl groups excluding tert-OH is 1. The second kappa shape index (κ2) is 30.6. The number of anilines is 1. The molecular formula is C57H70F3N13O14S. The maximum Gasteiger partial charge on any atom is 0.418 e. The quantitative estimate of drug-likeness (QED) is 0.0127. The van der Waals surface area contributed by atoms with Gasteiger partial charge in [-0.2, -0.15) is 24.9 Å². The van der Waals surface area contributed by atoms with Crippen LogP contribution in [0, 0.1) is 5.41 Å². The summed E-state index contributed by atoms with van der Waals surface area (Å²) in [6, 6.07) is 9.56. The number of benzene rings is 2. The van der Waals surface area contributed by atoms with Gasteiger partial charge in [0.2, 0.25) is 11.8 Å².